The molecular weight excluding hydrogens is 369 g/mol. The quantitative estimate of drug-likeness (QED) is 0.322. The van der Waals surface area contributed by atoms with Crippen molar-refractivity contribution in [2.24, 2.45) is 4.99 Å². The number of rotatable bonds is 7. The van der Waals surface area contributed by atoms with Gasteiger partial charge in [-0.05, 0) is 17.7 Å². The van der Waals surface area contributed by atoms with E-state index in [2.05, 4.69) is 21.7 Å². The molecule has 0 bridgehead atoms. The maximum absolute atomic E-state index is 5.65. The molecule has 0 aliphatic rings. The van der Waals surface area contributed by atoms with E-state index in [0.29, 0.717) is 13.2 Å². The highest BCUT2D eigenvalue weighted by Gasteiger charge is 1.99. The number of hydrogen-bond donors (Lipinski definition) is 2. The summed E-state index contributed by atoms with van der Waals surface area (Å²) in [6.45, 7) is 2.10. The third-order valence-electron chi connectivity index (χ3n) is 2.58. The monoisotopic (exact) mass is 393 g/mol. The summed E-state index contributed by atoms with van der Waals surface area (Å²) < 4.78 is 10.6. The Morgan fingerprint density at radius 2 is 2.10 bits per heavy atom. The summed E-state index contributed by atoms with van der Waals surface area (Å²) in [5.74, 6) is 1.65. The number of nitrogens with one attached hydrogen (secondary N) is 2. The summed E-state index contributed by atoms with van der Waals surface area (Å²) in [6.07, 6.45) is 0.894. The molecule has 0 aliphatic carbocycles. The number of benzene rings is 1. The summed E-state index contributed by atoms with van der Waals surface area (Å²) in [5.41, 5.74) is 1.15. The highest BCUT2D eigenvalue weighted by atomic mass is 127. The Hall–Kier alpha value is -1.02. The van der Waals surface area contributed by atoms with Gasteiger partial charge in [0.15, 0.2) is 5.96 Å². The van der Waals surface area contributed by atoms with E-state index in [1.807, 2.05) is 25.2 Å². The van der Waals surface area contributed by atoms with E-state index in [1.54, 1.807) is 14.2 Å². The molecule has 6 heteroatoms. The van der Waals surface area contributed by atoms with Gasteiger partial charge in [-0.25, -0.2) is 0 Å². The van der Waals surface area contributed by atoms with E-state index in [1.165, 1.54) is 0 Å². The van der Waals surface area contributed by atoms with Crippen LogP contribution in [-0.4, -0.2) is 40.4 Å². The van der Waals surface area contributed by atoms with E-state index in [9.17, 15) is 0 Å². The lowest BCUT2D eigenvalue weighted by atomic mass is 10.2. The van der Waals surface area contributed by atoms with Crippen molar-refractivity contribution in [1.82, 2.24) is 10.6 Å². The van der Waals surface area contributed by atoms with E-state index in [-0.39, 0.29) is 24.0 Å². The number of ether oxygens (including phenoxy) is 2. The lowest BCUT2D eigenvalue weighted by Gasteiger charge is -2.10. The lowest BCUT2D eigenvalue weighted by molar-refractivity contribution is 0.172. The molecule has 20 heavy (non-hydrogen) atoms. The molecule has 0 saturated carbocycles. The highest BCUT2D eigenvalue weighted by molar-refractivity contribution is 14.0. The number of nitrogens with zero attached hydrogens (tertiary/aromatic N) is 1. The van der Waals surface area contributed by atoms with E-state index in [0.717, 1.165) is 30.3 Å². The van der Waals surface area contributed by atoms with Gasteiger partial charge in [0.05, 0.1) is 6.61 Å². The van der Waals surface area contributed by atoms with Crippen LogP contribution < -0.4 is 15.4 Å². The Bertz CT molecular complexity index is 400. The number of methoxy groups -OCH3 is 1. The molecule has 0 atom stereocenters. The Kier molecular flexibility index (Phi) is 11.2. The number of aliphatic imine (C=N–C) groups is 1. The molecule has 0 fully saturated rings. The number of halogens is 1. The van der Waals surface area contributed by atoms with Crippen LogP contribution in [0, 0.1) is 0 Å². The molecule has 0 unspecified atom stereocenters. The number of guanidine groups is 1. The van der Waals surface area contributed by atoms with Crippen molar-refractivity contribution in [2.45, 2.75) is 13.0 Å². The topological polar surface area (TPSA) is 54.9 Å². The van der Waals surface area contributed by atoms with Gasteiger partial charge in [-0.2, -0.15) is 0 Å². The summed E-state index contributed by atoms with van der Waals surface area (Å²) in [4.78, 5) is 4.06. The largest absolute Gasteiger partial charge is 0.493 e. The second kappa shape index (κ2) is 11.8. The Balaban J connectivity index is 0.00000361. The van der Waals surface area contributed by atoms with Crippen LogP contribution in [0.2, 0.25) is 0 Å². The van der Waals surface area contributed by atoms with Crippen LogP contribution in [0.5, 0.6) is 5.75 Å². The molecule has 0 heterocycles. The molecule has 0 spiro atoms. The predicted molar refractivity (Wildman–Crippen MR) is 93.1 cm³/mol. The molecule has 1 rings (SSSR count). The Morgan fingerprint density at radius 3 is 2.75 bits per heavy atom. The zero-order chi connectivity index (χ0) is 13.9. The molecule has 0 saturated heterocycles. The fraction of sp³-hybridized carbons (Fsp3) is 0.500. The lowest BCUT2D eigenvalue weighted by Crippen LogP contribution is -2.34. The molecule has 1 aromatic carbocycles. The standard InChI is InChI=1S/C14H23N3O2.HI/c1-15-14(16-2)17-11-12-6-4-7-13(10-12)19-9-5-8-18-3;/h4,6-7,10H,5,8-9,11H2,1-3H3,(H2,15,16,17);1H. The van der Waals surface area contributed by atoms with Crippen LogP contribution in [0.4, 0.5) is 0 Å². The van der Waals surface area contributed by atoms with Crippen molar-refractivity contribution in [3.63, 3.8) is 0 Å². The smallest absolute Gasteiger partial charge is 0.190 e. The van der Waals surface area contributed by atoms with Crippen LogP contribution in [0.3, 0.4) is 0 Å². The highest BCUT2D eigenvalue weighted by Crippen LogP contribution is 2.13. The molecule has 114 valence electrons. The maximum atomic E-state index is 5.65. The molecule has 1 aromatic rings. The molecule has 0 aromatic heterocycles. The first kappa shape index (κ1) is 19.0. The van der Waals surface area contributed by atoms with Gasteiger partial charge >= 0.3 is 0 Å². The fourth-order valence-electron chi connectivity index (χ4n) is 1.60. The SMILES string of the molecule is CN=C(NC)NCc1cccc(OCCCOC)c1.I. The van der Waals surface area contributed by atoms with Crippen molar-refractivity contribution in [1.29, 1.82) is 0 Å². The molecule has 2 N–H and O–H groups in total. The third kappa shape index (κ3) is 7.54. The van der Waals surface area contributed by atoms with Gasteiger partial charge in [-0.3, -0.25) is 4.99 Å². The molecular formula is C14H24IN3O2. The fourth-order valence-corrected chi connectivity index (χ4v) is 1.60. The van der Waals surface area contributed by atoms with Crippen molar-refractivity contribution < 1.29 is 9.47 Å². The van der Waals surface area contributed by atoms with Crippen LogP contribution in [0.1, 0.15) is 12.0 Å². The Labute approximate surface area is 138 Å². The van der Waals surface area contributed by atoms with Crippen molar-refractivity contribution in [3.05, 3.63) is 29.8 Å². The van der Waals surface area contributed by atoms with E-state index in [4.69, 9.17) is 9.47 Å². The van der Waals surface area contributed by atoms with Crippen LogP contribution in [-0.2, 0) is 11.3 Å². The van der Waals surface area contributed by atoms with Crippen LogP contribution in [0.15, 0.2) is 29.3 Å². The second-order valence-electron chi connectivity index (χ2n) is 4.02. The first-order chi connectivity index (χ1) is 9.30. The zero-order valence-electron chi connectivity index (χ0n) is 12.3. The maximum Gasteiger partial charge on any atom is 0.190 e. The van der Waals surface area contributed by atoms with E-state index < -0.39 is 0 Å². The predicted octanol–water partition coefficient (Wildman–Crippen LogP) is 2.01. The van der Waals surface area contributed by atoms with Gasteiger partial charge in [0, 0.05) is 40.8 Å². The van der Waals surface area contributed by atoms with Gasteiger partial charge in [0.25, 0.3) is 0 Å². The normalized spacial score (nSPS) is 10.7. The summed E-state index contributed by atoms with van der Waals surface area (Å²) in [6, 6.07) is 8.04. The first-order valence-electron chi connectivity index (χ1n) is 6.39. The van der Waals surface area contributed by atoms with Gasteiger partial charge in [0.1, 0.15) is 5.75 Å². The molecule has 0 radical (unpaired) electrons. The third-order valence-corrected chi connectivity index (χ3v) is 2.58. The van der Waals surface area contributed by atoms with Gasteiger partial charge in [-0.15, -0.1) is 24.0 Å². The Morgan fingerprint density at radius 1 is 1.30 bits per heavy atom. The molecule has 0 aliphatic heterocycles. The van der Waals surface area contributed by atoms with E-state index >= 15 is 0 Å². The summed E-state index contributed by atoms with van der Waals surface area (Å²) in [5, 5.41) is 6.18. The van der Waals surface area contributed by atoms with Crippen molar-refractivity contribution in [2.75, 3.05) is 34.4 Å². The molecule has 0 amide bonds. The van der Waals surface area contributed by atoms with Crippen LogP contribution >= 0.6 is 24.0 Å². The van der Waals surface area contributed by atoms with Gasteiger partial charge in [-0.1, -0.05) is 12.1 Å². The van der Waals surface area contributed by atoms with Gasteiger partial charge in [0.2, 0.25) is 0 Å². The minimum atomic E-state index is 0. The minimum Gasteiger partial charge on any atom is -0.493 e. The minimum absolute atomic E-state index is 0. The average Bonchev–Trinajstić information content (AvgIpc) is 2.45. The van der Waals surface area contributed by atoms with Crippen molar-refractivity contribution in [3.8, 4) is 5.75 Å². The van der Waals surface area contributed by atoms with Gasteiger partial charge < -0.3 is 20.1 Å². The summed E-state index contributed by atoms with van der Waals surface area (Å²) in [7, 11) is 5.28. The van der Waals surface area contributed by atoms with Crippen molar-refractivity contribution >= 4 is 29.9 Å². The first-order valence-corrected chi connectivity index (χ1v) is 6.39. The second-order valence-corrected chi connectivity index (χ2v) is 4.02. The summed E-state index contributed by atoms with van der Waals surface area (Å²) >= 11 is 0. The molecule has 5 nitrogen and oxygen atoms in total. The number of hydrogen-bond acceptors (Lipinski definition) is 3. The average molecular weight is 393 g/mol. The van der Waals surface area contributed by atoms with Crippen LogP contribution in [0.25, 0.3) is 0 Å². The zero-order valence-corrected chi connectivity index (χ0v) is 14.6.